The van der Waals surface area contributed by atoms with Gasteiger partial charge in [-0.1, -0.05) is 34.1 Å². The molecule has 0 aliphatic carbocycles. The molecule has 0 unspecified atom stereocenters. The minimum absolute atomic E-state index is 0.0866. The molecular weight excluding hydrogens is 384 g/mol. The molecule has 0 radical (unpaired) electrons. The molecule has 0 atom stereocenters. The number of aryl methyl sites for hydroxylation is 1. The van der Waals surface area contributed by atoms with Crippen molar-refractivity contribution in [3.63, 3.8) is 0 Å². The summed E-state index contributed by atoms with van der Waals surface area (Å²) in [7, 11) is 0. The van der Waals surface area contributed by atoms with Crippen LogP contribution in [0.4, 0.5) is 11.4 Å². The normalized spacial score (nSPS) is 10.2. The van der Waals surface area contributed by atoms with Crippen LogP contribution in [0, 0.1) is 6.92 Å². The number of para-hydroxylation sites is 1. The molecule has 0 fully saturated rings. The van der Waals surface area contributed by atoms with E-state index in [4.69, 9.17) is 0 Å². The van der Waals surface area contributed by atoms with E-state index in [1.807, 2.05) is 49.4 Å². The van der Waals surface area contributed by atoms with E-state index in [1.54, 1.807) is 0 Å². The van der Waals surface area contributed by atoms with Crippen molar-refractivity contribution < 1.29 is 4.79 Å². The fourth-order valence-corrected chi connectivity index (χ4v) is 2.46. The number of hydrogen-bond acceptors (Lipinski definition) is 2. The van der Waals surface area contributed by atoms with Gasteiger partial charge >= 0.3 is 0 Å². The molecule has 3 nitrogen and oxygen atoms in total. The molecule has 0 aliphatic heterocycles. The molecular formula is C15H14Br2N2O. The van der Waals surface area contributed by atoms with E-state index < -0.39 is 0 Å². The predicted molar refractivity (Wildman–Crippen MR) is 90.1 cm³/mol. The summed E-state index contributed by atoms with van der Waals surface area (Å²) >= 11 is 6.88. The first-order valence-corrected chi connectivity index (χ1v) is 7.69. The molecule has 0 spiro atoms. The molecule has 0 heterocycles. The maximum Gasteiger partial charge on any atom is 0.243 e. The van der Waals surface area contributed by atoms with Gasteiger partial charge in [-0.05, 0) is 52.7 Å². The molecule has 0 saturated carbocycles. The van der Waals surface area contributed by atoms with E-state index >= 15 is 0 Å². The summed E-state index contributed by atoms with van der Waals surface area (Å²) in [6, 6.07) is 13.4. The minimum Gasteiger partial charge on any atom is -0.375 e. The van der Waals surface area contributed by atoms with E-state index in [9.17, 15) is 4.79 Å². The quantitative estimate of drug-likeness (QED) is 0.793. The number of benzene rings is 2. The van der Waals surface area contributed by atoms with Crippen LogP contribution in [0.5, 0.6) is 0 Å². The lowest BCUT2D eigenvalue weighted by Crippen LogP contribution is -2.21. The minimum atomic E-state index is -0.0866. The van der Waals surface area contributed by atoms with E-state index in [0.29, 0.717) is 0 Å². The second kappa shape index (κ2) is 6.90. The van der Waals surface area contributed by atoms with Crippen LogP contribution in [0.3, 0.4) is 0 Å². The Morgan fingerprint density at radius 1 is 1.10 bits per heavy atom. The van der Waals surface area contributed by atoms with Crippen molar-refractivity contribution in [2.45, 2.75) is 6.92 Å². The molecule has 104 valence electrons. The third kappa shape index (κ3) is 4.08. The second-order valence-electron chi connectivity index (χ2n) is 4.35. The number of halogens is 2. The van der Waals surface area contributed by atoms with Gasteiger partial charge in [-0.3, -0.25) is 4.79 Å². The number of nitrogens with one attached hydrogen (secondary N) is 2. The lowest BCUT2D eigenvalue weighted by molar-refractivity contribution is -0.114. The van der Waals surface area contributed by atoms with Crippen molar-refractivity contribution in [2.75, 3.05) is 17.2 Å². The zero-order valence-electron chi connectivity index (χ0n) is 10.9. The van der Waals surface area contributed by atoms with Crippen LogP contribution >= 0.6 is 31.9 Å². The maximum atomic E-state index is 11.9. The first-order chi connectivity index (χ1) is 9.56. The van der Waals surface area contributed by atoms with E-state index in [1.165, 1.54) is 0 Å². The van der Waals surface area contributed by atoms with Gasteiger partial charge in [-0.15, -0.1) is 0 Å². The Labute approximate surface area is 135 Å². The summed E-state index contributed by atoms with van der Waals surface area (Å²) < 4.78 is 1.92. The molecule has 2 aromatic rings. The van der Waals surface area contributed by atoms with Gasteiger partial charge in [0.25, 0.3) is 0 Å². The van der Waals surface area contributed by atoms with Crippen molar-refractivity contribution in [1.82, 2.24) is 0 Å². The molecule has 20 heavy (non-hydrogen) atoms. The van der Waals surface area contributed by atoms with Gasteiger partial charge in [-0.2, -0.15) is 0 Å². The first-order valence-electron chi connectivity index (χ1n) is 6.10. The largest absolute Gasteiger partial charge is 0.375 e. The Morgan fingerprint density at radius 2 is 1.85 bits per heavy atom. The van der Waals surface area contributed by atoms with Gasteiger partial charge in [-0.25, -0.2) is 0 Å². The van der Waals surface area contributed by atoms with Gasteiger partial charge in [0.05, 0.1) is 6.54 Å². The highest BCUT2D eigenvalue weighted by atomic mass is 79.9. The Morgan fingerprint density at radius 3 is 2.55 bits per heavy atom. The van der Waals surface area contributed by atoms with Crippen LogP contribution in [0.1, 0.15) is 5.56 Å². The van der Waals surface area contributed by atoms with Crippen molar-refractivity contribution in [3.8, 4) is 0 Å². The first kappa shape index (κ1) is 15.1. The maximum absolute atomic E-state index is 11.9. The number of amides is 1. The summed E-state index contributed by atoms with van der Waals surface area (Å²) in [6.45, 7) is 2.22. The topological polar surface area (TPSA) is 41.1 Å². The second-order valence-corrected chi connectivity index (χ2v) is 6.05. The lowest BCUT2D eigenvalue weighted by Gasteiger charge is -2.10. The standard InChI is InChI=1S/C15H14Br2N2O/c1-10-6-7-11(8-13(10)17)19-15(20)9-18-14-5-3-2-4-12(14)16/h2-8,18H,9H2,1H3,(H,19,20). The number of carbonyl (C=O) groups is 1. The average molecular weight is 398 g/mol. The number of hydrogen-bond donors (Lipinski definition) is 2. The summed E-state index contributed by atoms with van der Waals surface area (Å²) in [5.74, 6) is -0.0866. The highest BCUT2D eigenvalue weighted by molar-refractivity contribution is 9.10. The van der Waals surface area contributed by atoms with Crippen LogP contribution in [0.2, 0.25) is 0 Å². The number of carbonyl (C=O) groups excluding carboxylic acids is 1. The van der Waals surface area contributed by atoms with Crippen LogP contribution in [0.15, 0.2) is 51.4 Å². The Kier molecular flexibility index (Phi) is 5.20. The highest BCUT2D eigenvalue weighted by Gasteiger charge is 2.05. The molecule has 1 amide bonds. The molecule has 2 aromatic carbocycles. The number of anilines is 2. The van der Waals surface area contributed by atoms with Gasteiger partial charge < -0.3 is 10.6 Å². The van der Waals surface area contributed by atoms with Crippen molar-refractivity contribution in [3.05, 3.63) is 57.0 Å². The summed E-state index contributed by atoms with van der Waals surface area (Å²) in [6.07, 6.45) is 0. The Hall–Kier alpha value is -1.33. The van der Waals surface area contributed by atoms with E-state index in [0.717, 1.165) is 25.9 Å². The molecule has 0 aliphatic rings. The van der Waals surface area contributed by atoms with Crippen LogP contribution < -0.4 is 10.6 Å². The van der Waals surface area contributed by atoms with Crippen molar-refractivity contribution >= 4 is 49.1 Å². The molecule has 2 N–H and O–H groups in total. The van der Waals surface area contributed by atoms with Crippen LogP contribution in [-0.2, 0) is 4.79 Å². The molecule has 0 aromatic heterocycles. The molecule has 0 bridgehead atoms. The van der Waals surface area contributed by atoms with Gasteiger partial charge in [0, 0.05) is 20.3 Å². The van der Waals surface area contributed by atoms with Crippen molar-refractivity contribution in [1.29, 1.82) is 0 Å². The zero-order chi connectivity index (χ0) is 14.5. The Balaban J connectivity index is 1.93. The van der Waals surface area contributed by atoms with E-state index in [-0.39, 0.29) is 12.5 Å². The van der Waals surface area contributed by atoms with Gasteiger partial charge in [0.15, 0.2) is 0 Å². The van der Waals surface area contributed by atoms with E-state index in [2.05, 4.69) is 42.5 Å². The highest BCUT2D eigenvalue weighted by Crippen LogP contribution is 2.22. The third-order valence-electron chi connectivity index (χ3n) is 2.77. The van der Waals surface area contributed by atoms with Gasteiger partial charge in [0.2, 0.25) is 5.91 Å². The smallest absolute Gasteiger partial charge is 0.243 e. The average Bonchev–Trinajstić information content (AvgIpc) is 2.42. The zero-order valence-corrected chi connectivity index (χ0v) is 14.1. The summed E-state index contributed by atoms with van der Waals surface area (Å²) in [5.41, 5.74) is 2.81. The fraction of sp³-hybridized carbons (Fsp3) is 0.133. The predicted octanol–water partition coefficient (Wildman–Crippen LogP) is 4.57. The summed E-state index contributed by atoms with van der Waals surface area (Å²) in [5, 5.41) is 5.94. The fourth-order valence-electron chi connectivity index (χ4n) is 1.66. The van der Waals surface area contributed by atoms with Crippen molar-refractivity contribution in [2.24, 2.45) is 0 Å². The monoisotopic (exact) mass is 396 g/mol. The Bertz CT molecular complexity index is 629. The number of rotatable bonds is 4. The molecule has 5 heteroatoms. The lowest BCUT2D eigenvalue weighted by atomic mass is 10.2. The summed E-state index contributed by atoms with van der Waals surface area (Å²) in [4.78, 5) is 11.9. The van der Waals surface area contributed by atoms with Crippen LogP contribution in [0.25, 0.3) is 0 Å². The molecule has 0 saturated heterocycles. The third-order valence-corrected chi connectivity index (χ3v) is 4.31. The SMILES string of the molecule is Cc1ccc(NC(=O)CNc2ccccc2Br)cc1Br. The van der Waals surface area contributed by atoms with Gasteiger partial charge in [0.1, 0.15) is 0 Å². The molecule has 2 rings (SSSR count). The van der Waals surface area contributed by atoms with Crippen LogP contribution in [-0.4, -0.2) is 12.5 Å².